The van der Waals surface area contributed by atoms with Gasteiger partial charge >= 0.3 is 0 Å². The molecular weight excluding hydrogens is 184 g/mol. The average molecular weight is 204 g/mol. The number of ether oxygens (including phenoxy) is 3. The smallest absolute Gasteiger partial charge is 0.104 e. The molecule has 1 fully saturated rings. The van der Waals surface area contributed by atoms with Crippen LogP contribution in [0.5, 0.6) is 0 Å². The van der Waals surface area contributed by atoms with Gasteiger partial charge in [-0.05, 0) is 13.3 Å². The molecule has 84 valence electrons. The molecule has 0 aromatic rings. The molecule has 0 aromatic heterocycles. The molecular formula is C10H20O4. The average Bonchev–Trinajstić information content (AvgIpc) is 2.98. The summed E-state index contributed by atoms with van der Waals surface area (Å²) < 4.78 is 15.7. The van der Waals surface area contributed by atoms with Gasteiger partial charge in [0.1, 0.15) is 6.10 Å². The number of rotatable bonds is 8. The molecule has 1 heterocycles. The van der Waals surface area contributed by atoms with E-state index in [0.29, 0.717) is 25.9 Å². The Labute approximate surface area is 85.2 Å². The Hall–Kier alpha value is -0.160. The van der Waals surface area contributed by atoms with Gasteiger partial charge in [0, 0.05) is 0 Å². The van der Waals surface area contributed by atoms with Crippen molar-refractivity contribution in [2.45, 2.75) is 38.6 Å². The molecule has 1 N–H and O–H groups in total. The van der Waals surface area contributed by atoms with Crippen LogP contribution in [-0.4, -0.2) is 49.8 Å². The van der Waals surface area contributed by atoms with Crippen molar-refractivity contribution in [3.05, 3.63) is 0 Å². The second-order valence-electron chi connectivity index (χ2n) is 3.70. The molecule has 4 nitrogen and oxygen atoms in total. The summed E-state index contributed by atoms with van der Waals surface area (Å²) in [6.45, 7) is 6.29. The highest BCUT2D eigenvalue weighted by atomic mass is 16.6. The van der Waals surface area contributed by atoms with Gasteiger partial charge in [-0.25, -0.2) is 0 Å². The summed E-state index contributed by atoms with van der Waals surface area (Å²) in [6.07, 6.45) is 0.751. The minimum atomic E-state index is -0.353. The van der Waals surface area contributed by atoms with Crippen molar-refractivity contribution >= 4 is 0 Å². The van der Waals surface area contributed by atoms with Crippen molar-refractivity contribution in [2.75, 3.05) is 26.4 Å². The molecule has 0 radical (unpaired) electrons. The first kappa shape index (κ1) is 11.9. The van der Waals surface area contributed by atoms with Gasteiger partial charge in [0.15, 0.2) is 0 Å². The molecule has 4 heteroatoms. The van der Waals surface area contributed by atoms with Crippen LogP contribution in [0.3, 0.4) is 0 Å². The maximum absolute atomic E-state index is 9.21. The van der Waals surface area contributed by atoms with E-state index >= 15 is 0 Å². The lowest BCUT2D eigenvalue weighted by Crippen LogP contribution is -2.22. The van der Waals surface area contributed by atoms with Gasteiger partial charge in [-0.15, -0.1) is 0 Å². The molecule has 1 rings (SSSR count). The van der Waals surface area contributed by atoms with Gasteiger partial charge in [-0.2, -0.15) is 0 Å². The standard InChI is InChI=1S/C10H20O4/c1-3-9(11)5-12-4-8(2)13-6-10-7-14-10/h8-11H,3-7H2,1-2H3. The van der Waals surface area contributed by atoms with Crippen molar-refractivity contribution in [3.63, 3.8) is 0 Å². The Kier molecular flexibility index (Phi) is 5.40. The fraction of sp³-hybridized carbons (Fsp3) is 1.00. The molecule has 0 aliphatic carbocycles. The number of aliphatic hydroxyl groups is 1. The second-order valence-corrected chi connectivity index (χ2v) is 3.70. The van der Waals surface area contributed by atoms with Gasteiger partial charge in [0.05, 0.1) is 38.6 Å². The highest BCUT2D eigenvalue weighted by Gasteiger charge is 2.23. The van der Waals surface area contributed by atoms with Crippen LogP contribution in [0.4, 0.5) is 0 Å². The summed E-state index contributed by atoms with van der Waals surface area (Å²) in [4.78, 5) is 0. The van der Waals surface area contributed by atoms with Crippen molar-refractivity contribution < 1.29 is 19.3 Å². The van der Waals surface area contributed by atoms with E-state index in [1.165, 1.54) is 0 Å². The zero-order chi connectivity index (χ0) is 10.4. The van der Waals surface area contributed by atoms with Crippen LogP contribution in [0.1, 0.15) is 20.3 Å². The predicted molar refractivity (Wildman–Crippen MR) is 52.3 cm³/mol. The van der Waals surface area contributed by atoms with Crippen molar-refractivity contribution in [1.82, 2.24) is 0 Å². The van der Waals surface area contributed by atoms with E-state index in [1.54, 1.807) is 0 Å². The zero-order valence-electron chi connectivity index (χ0n) is 8.94. The van der Waals surface area contributed by atoms with Crippen LogP contribution < -0.4 is 0 Å². The van der Waals surface area contributed by atoms with Gasteiger partial charge in [-0.3, -0.25) is 0 Å². The first-order valence-electron chi connectivity index (χ1n) is 5.21. The van der Waals surface area contributed by atoms with Crippen LogP contribution in [0, 0.1) is 0 Å². The van der Waals surface area contributed by atoms with Crippen molar-refractivity contribution in [3.8, 4) is 0 Å². The SMILES string of the molecule is CCC(O)COCC(C)OCC1CO1. The minimum Gasteiger partial charge on any atom is -0.391 e. The van der Waals surface area contributed by atoms with Crippen LogP contribution in [0.15, 0.2) is 0 Å². The summed E-state index contributed by atoms with van der Waals surface area (Å²) in [5.41, 5.74) is 0. The van der Waals surface area contributed by atoms with Crippen molar-refractivity contribution in [1.29, 1.82) is 0 Å². The molecule has 14 heavy (non-hydrogen) atoms. The van der Waals surface area contributed by atoms with E-state index in [-0.39, 0.29) is 12.2 Å². The molecule has 1 saturated heterocycles. The Bertz CT molecular complexity index is 147. The first-order chi connectivity index (χ1) is 6.72. The van der Waals surface area contributed by atoms with Crippen LogP contribution >= 0.6 is 0 Å². The molecule has 3 unspecified atom stereocenters. The molecule has 0 spiro atoms. The third-order valence-corrected chi connectivity index (χ3v) is 2.10. The summed E-state index contributed by atoms with van der Waals surface area (Å²) in [5, 5.41) is 9.21. The van der Waals surface area contributed by atoms with Gasteiger partial charge in [-0.1, -0.05) is 6.92 Å². The topological polar surface area (TPSA) is 51.2 Å². The van der Waals surface area contributed by atoms with E-state index in [9.17, 15) is 5.11 Å². The normalized spacial score (nSPS) is 24.6. The molecule has 1 aliphatic rings. The number of hydrogen-bond acceptors (Lipinski definition) is 4. The lowest BCUT2D eigenvalue weighted by molar-refractivity contribution is -0.0351. The molecule has 0 amide bonds. The lowest BCUT2D eigenvalue weighted by Gasteiger charge is -2.14. The Balaban J connectivity index is 1.88. The lowest BCUT2D eigenvalue weighted by atomic mass is 10.3. The Morgan fingerprint density at radius 1 is 1.50 bits per heavy atom. The van der Waals surface area contributed by atoms with Gasteiger partial charge in [0.25, 0.3) is 0 Å². The van der Waals surface area contributed by atoms with E-state index in [2.05, 4.69) is 0 Å². The maximum atomic E-state index is 9.21. The van der Waals surface area contributed by atoms with Crippen LogP contribution in [-0.2, 0) is 14.2 Å². The molecule has 0 bridgehead atoms. The number of aliphatic hydroxyl groups excluding tert-OH is 1. The fourth-order valence-electron chi connectivity index (χ4n) is 0.972. The van der Waals surface area contributed by atoms with E-state index in [1.807, 2.05) is 13.8 Å². The van der Waals surface area contributed by atoms with Gasteiger partial charge < -0.3 is 19.3 Å². The maximum Gasteiger partial charge on any atom is 0.104 e. The summed E-state index contributed by atoms with van der Waals surface area (Å²) in [5.74, 6) is 0. The second kappa shape index (κ2) is 6.35. The monoisotopic (exact) mass is 204 g/mol. The summed E-state index contributed by atoms with van der Waals surface area (Å²) in [7, 11) is 0. The van der Waals surface area contributed by atoms with Crippen LogP contribution in [0.2, 0.25) is 0 Å². The molecule has 3 atom stereocenters. The largest absolute Gasteiger partial charge is 0.391 e. The van der Waals surface area contributed by atoms with Crippen molar-refractivity contribution in [2.24, 2.45) is 0 Å². The van der Waals surface area contributed by atoms with Gasteiger partial charge in [0.2, 0.25) is 0 Å². The summed E-state index contributed by atoms with van der Waals surface area (Å²) in [6, 6.07) is 0. The minimum absolute atomic E-state index is 0.0725. The van der Waals surface area contributed by atoms with E-state index in [0.717, 1.165) is 13.0 Å². The predicted octanol–water partition coefficient (Wildman–Crippen LogP) is 0.578. The molecule has 0 aromatic carbocycles. The Morgan fingerprint density at radius 2 is 2.21 bits per heavy atom. The molecule has 1 aliphatic heterocycles. The first-order valence-corrected chi connectivity index (χ1v) is 5.21. The highest BCUT2D eigenvalue weighted by molar-refractivity contribution is 4.68. The molecule has 0 saturated carbocycles. The summed E-state index contributed by atoms with van der Waals surface area (Å²) >= 11 is 0. The van der Waals surface area contributed by atoms with E-state index < -0.39 is 0 Å². The van der Waals surface area contributed by atoms with E-state index in [4.69, 9.17) is 14.2 Å². The quantitative estimate of drug-likeness (QED) is 0.587. The number of hydrogen-bond donors (Lipinski definition) is 1. The fourth-order valence-corrected chi connectivity index (χ4v) is 0.972. The third-order valence-electron chi connectivity index (χ3n) is 2.10. The highest BCUT2D eigenvalue weighted by Crippen LogP contribution is 2.09. The third kappa shape index (κ3) is 5.54. The number of epoxide rings is 1. The van der Waals surface area contributed by atoms with Crippen LogP contribution in [0.25, 0.3) is 0 Å². The zero-order valence-corrected chi connectivity index (χ0v) is 8.94. The Morgan fingerprint density at radius 3 is 2.79 bits per heavy atom.